The van der Waals surface area contributed by atoms with Gasteiger partial charge in [0.25, 0.3) is 5.91 Å². The first-order chi connectivity index (χ1) is 14.4. The van der Waals surface area contributed by atoms with Gasteiger partial charge in [-0.1, -0.05) is 25.5 Å². The fourth-order valence-electron chi connectivity index (χ4n) is 3.84. The van der Waals surface area contributed by atoms with Crippen LogP contribution in [-0.4, -0.2) is 38.3 Å². The predicted molar refractivity (Wildman–Crippen MR) is 117 cm³/mol. The highest BCUT2D eigenvalue weighted by Crippen LogP contribution is 2.26. The van der Waals surface area contributed by atoms with Gasteiger partial charge in [-0.3, -0.25) is 4.79 Å². The molecule has 2 unspecified atom stereocenters. The Morgan fingerprint density at radius 1 is 1.13 bits per heavy atom. The van der Waals surface area contributed by atoms with E-state index in [4.69, 9.17) is 4.74 Å². The maximum Gasteiger partial charge on any atom is 0.251 e. The summed E-state index contributed by atoms with van der Waals surface area (Å²) in [4.78, 5) is 13.0. The first kappa shape index (κ1) is 22.3. The van der Waals surface area contributed by atoms with Gasteiger partial charge >= 0.3 is 0 Å². The number of hydrogen-bond acceptors (Lipinski definition) is 4. The van der Waals surface area contributed by atoms with E-state index in [-0.39, 0.29) is 22.9 Å². The summed E-state index contributed by atoms with van der Waals surface area (Å²) in [7, 11) is -1.93. The quantitative estimate of drug-likeness (QED) is 0.716. The Morgan fingerprint density at radius 2 is 1.80 bits per heavy atom. The molecule has 1 amide bonds. The third kappa shape index (κ3) is 4.84. The van der Waals surface area contributed by atoms with Gasteiger partial charge in [-0.15, -0.1) is 0 Å². The van der Waals surface area contributed by atoms with Crippen molar-refractivity contribution in [1.29, 1.82) is 0 Å². The van der Waals surface area contributed by atoms with Gasteiger partial charge in [-0.25, -0.2) is 8.42 Å². The molecule has 30 heavy (non-hydrogen) atoms. The van der Waals surface area contributed by atoms with E-state index in [1.54, 1.807) is 23.5 Å². The SMILES string of the molecule is CCC(NC(=O)c1ccc(S(=O)(=O)N2CCCCC2C)cc1)c1ccc(OC)cc1. The number of carbonyl (C=O) groups excluding carboxylic acids is 1. The van der Waals surface area contributed by atoms with Crippen LogP contribution in [0.1, 0.15) is 61.5 Å². The fraction of sp³-hybridized carbons (Fsp3) is 0.435. The first-order valence-corrected chi connectivity index (χ1v) is 11.9. The molecule has 7 heteroatoms. The summed E-state index contributed by atoms with van der Waals surface area (Å²) in [5, 5.41) is 3.03. The molecule has 1 fully saturated rings. The Kier molecular flexibility index (Phi) is 7.15. The van der Waals surface area contributed by atoms with Crippen LogP contribution in [-0.2, 0) is 10.0 Å². The van der Waals surface area contributed by atoms with Crippen LogP contribution in [0.25, 0.3) is 0 Å². The molecule has 2 atom stereocenters. The maximum atomic E-state index is 13.0. The Hall–Kier alpha value is -2.38. The summed E-state index contributed by atoms with van der Waals surface area (Å²) in [6.45, 7) is 4.50. The third-order valence-electron chi connectivity index (χ3n) is 5.70. The van der Waals surface area contributed by atoms with E-state index in [0.717, 1.165) is 37.0 Å². The topological polar surface area (TPSA) is 75.7 Å². The molecule has 0 bridgehead atoms. The van der Waals surface area contributed by atoms with E-state index in [9.17, 15) is 13.2 Å². The maximum absolute atomic E-state index is 13.0. The number of amides is 1. The molecule has 6 nitrogen and oxygen atoms in total. The number of sulfonamides is 1. The standard InChI is InChI=1S/C23H30N2O4S/c1-4-22(18-8-12-20(29-3)13-9-18)24-23(26)19-10-14-21(15-11-19)30(27,28)25-16-6-5-7-17(25)2/h8-15,17,22H,4-7,16H2,1-3H3,(H,24,26). The molecule has 2 aromatic rings. The van der Waals surface area contributed by atoms with Gasteiger partial charge in [-0.05, 0) is 68.1 Å². The number of nitrogens with one attached hydrogen (secondary N) is 1. The predicted octanol–water partition coefficient (Wildman–Crippen LogP) is 4.14. The van der Waals surface area contributed by atoms with E-state index in [2.05, 4.69) is 5.32 Å². The summed E-state index contributed by atoms with van der Waals surface area (Å²) >= 11 is 0. The Bertz CT molecular complexity index is 956. The molecule has 3 rings (SSSR count). The van der Waals surface area contributed by atoms with Gasteiger partial charge in [0.05, 0.1) is 18.0 Å². The summed E-state index contributed by atoms with van der Waals surface area (Å²) in [6, 6.07) is 13.7. The lowest BCUT2D eigenvalue weighted by atomic mass is 10.0. The van der Waals surface area contributed by atoms with Crippen LogP contribution < -0.4 is 10.1 Å². The number of hydrogen-bond donors (Lipinski definition) is 1. The van der Waals surface area contributed by atoms with Gasteiger partial charge in [0.15, 0.2) is 0 Å². The monoisotopic (exact) mass is 430 g/mol. The molecule has 162 valence electrons. The van der Waals surface area contributed by atoms with Gasteiger partial charge in [0.2, 0.25) is 10.0 Å². The van der Waals surface area contributed by atoms with E-state index >= 15 is 0 Å². The van der Waals surface area contributed by atoms with Crippen molar-refractivity contribution in [3.05, 3.63) is 59.7 Å². The lowest BCUT2D eigenvalue weighted by Crippen LogP contribution is -2.41. The summed E-state index contributed by atoms with van der Waals surface area (Å²) in [6.07, 6.45) is 3.55. The molecule has 0 aliphatic carbocycles. The molecular weight excluding hydrogens is 400 g/mol. The number of carbonyl (C=O) groups is 1. The van der Waals surface area contributed by atoms with Crippen molar-refractivity contribution < 1.29 is 17.9 Å². The van der Waals surface area contributed by atoms with Crippen LogP contribution in [0.15, 0.2) is 53.4 Å². The van der Waals surface area contributed by atoms with Crippen LogP contribution in [0.5, 0.6) is 5.75 Å². The molecule has 1 aliphatic heterocycles. The molecule has 1 saturated heterocycles. The van der Waals surface area contributed by atoms with E-state index < -0.39 is 10.0 Å². The number of methoxy groups -OCH3 is 1. The molecule has 0 aromatic heterocycles. The Labute approximate surface area is 179 Å². The zero-order valence-electron chi connectivity index (χ0n) is 17.8. The zero-order valence-corrected chi connectivity index (χ0v) is 18.6. The lowest BCUT2D eigenvalue weighted by Gasteiger charge is -2.32. The van der Waals surface area contributed by atoms with Crippen LogP contribution >= 0.6 is 0 Å². The van der Waals surface area contributed by atoms with Gasteiger partial charge < -0.3 is 10.1 Å². The smallest absolute Gasteiger partial charge is 0.251 e. The van der Waals surface area contributed by atoms with E-state index in [1.165, 1.54) is 12.1 Å². The minimum absolute atomic E-state index is 0.00142. The van der Waals surface area contributed by atoms with Crippen LogP contribution in [0.4, 0.5) is 0 Å². The molecule has 2 aromatic carbocycles. The average Bonchev–Trinajstić information content (AvgIpc) is 2.77. The highest BCUT2D eigenvalue weighted by molar-refractivity contribution is 7.89. The second kappa shape index (κ2) is 9.62. The molecule has 0 radical (unpaired) electrons. The van der Waals surface area contributed by atoms with Crippen LogP contribution in [0.2, 0.25) is 0 Å². The van der Waals surface area contributed by atoms with Crippen molar-refractivity contribution in [3.63, 3.8) is 0 Å². The summed E-state index contributed by atoms with van der Waals surface area (Å²) < 4.78 is 32.7. The highest BCUT2D eigenvalue weighted by Gasteiger charge is 2.31. The molecular formula is C23H30N2O4S. The summed E-state index contributed by atoms with van der Waals surface area (Å²) in [5.74, 6) is 0.535. The zero-order chi connectivity index (χ0) is 21.7. The lowest BCUT2D eigenvalue weighted by molar-refractivity contribution is 0.0935. The van der Waals surface area contributed by atoms with Crippen molar-refractivity contribution >= 4 is 15.9 Å². The number of nitrogens with zero attached hydrogens (tertiary/aromatic N) is 1. The van der Waals surface area contributed by atoms with Crippen LogP contribution in [0.3, 0.4) is 0 Å². The normalized spacial score (nSPS) is 18.6. The Balaban J connectivity index is 1.72. The van der Waals surface area contributed by atoms with Gasteiger partial charge in [0, 0.05) is 18.2 Å². The van der Waals surface area contributed by atoms with Crippen molar-refractivity contribution in [2.24, 2.45) is 0 Å². The largest absolute Gasteiger partial charge is 0.497 e. The Morgan fingerprint density at radius 3 is 2.37 bits per heavy atom. The third-order valence-corrected chi connectivity index (χ3v) is 7.72. The first-order valence-electron chi connectivity index (χ1n) is 10.4. The summed E-state index contributed by atoms with van der Waals surface area (Å²) in [5.41, 5.74) is 1.43. The number of ether oxygens (including phenoxy) is 1. The van der Waals surface area contributed by atoms with Crippen molar-refractivity contribution in [1.82, 2.24) is 9.62 Å². The minimum Gasteiger partial charge on any atom is -0.497 e. The molecule has 1 N–H and O–H groups in total. The molecule has 0 saturated carbocycles. The van der Waals surface area contributed by atoms with Crippen molar-refractivity contribution in [3.8, 4) is 5.75 Å². The van der Waals surface area contributed by atoms with Crippen molar-refractivity contribution in [2.75, 3.05) is 13.7 Å². The van der Waals surface area contributed by atoms with Crippen molar-refractivity contribution in [2.45, 2.75) is 56.5 Å². The minimum atomic E-state index is -3.54. The number of piperidine rings is 1. The van der Waals surface area contributed by atoms with E-state index in [0.29, 0.717) is 12.1 Å². The second-order valence-corrected chi connectivity index (χ2v) is 9.58. The molecule has 0 spiro atoms. The second-order valence-electron chi connectivity index (χ2n) is 7.69. The number of benzene rings is 2. The fourth-order valence-corrected chi connectivity index (χ4v) is 5.54. The van der Waals surface area contributed by atoms with E-state index in [1.807, 2.05) is 38.1 Å². The van der Waals surface area contributed by atoms with Gasteiger partial charge in [0.1, 0.15) is 5.75 Å². The molecule has 1 heterocycles. The van der Waals surface area contributed by atoms with Crippen LogP contribution in [0, 0.1) is 0 Å². The highest BCUT2D eigenvalue weighted by atomic mass is 32.2. The molecule has 1 aliphatic rings. The number of rotatable bonds is 7. The van der Waals surface area contributed by atoms with Gasteiger partial charge in [-0.2, -0.15) is 4.31 Å². The average molecular weight is 431 g/mol.